The highest BCUT2D eigenvalue weighted by Crippen LogP contribution is 2.22. The normalized spacial score (nSPS) is 29.5. The molecule has 0 bridgehead atoms. The lowest BCUT2D eigenvalue weighted by Crippen LogP contribution is -2.48. The molecule has 1 fully saturated rings. The molecule has 1 aliphatic carbocycles. The van der Waals surface area contributed by atoms with Gasteiger partial charge in [0.15, 0.2) is 0 Å². The van der Waals surface area contributed by atoms with Crippen LogP contribution in [0, 0.1) is 11.8 Å². The van der Waals surface area contributed by atoms with E-state index >= 15 is 0 Å². The van der Waals surface area contributed by atoms with Gasteiger partial charge in [-0.05, 0) is 31.7 Å². The fourth-order valence-electron chi connectivity index (χ4n) is 2.26. The molecule has 0 aromatic heterocycles. The van der Waals surface area contributed by atoms with Crippen LogP contribution in [-0.2, 0) is 0 Å². The van der Waals surface area contributed by atoms with E-state index in [1.165, 1.54) is 25.8 Å². The summed E-state index contributed by atoms with van der Waals surface area (Å²) in [6.07, 6.45) is 8.62. The topological polar surface area (TPSA) is 23.5 Å². The van der Waals surface area contributed by atoms with Gasteiger partial charge in [0.2, 0.25) is 0 Å². The fraction of sp³-hybridized carbons (Fsp3) is 0.818. The van der Waals surface area contributed by atoms with Crippen LogP contribution in [0.3, 0.4) is 0 Å². The van der Waals surface area contributed by atoms with E-state index in [9.17, 15) is 0 Å². The van der Waals surface area contributed by atoms with Crippen molar-refractivity contribution < 1.29 is 5.11 Å². The third-order valence-corrected chi connectivity index (χ3v) is 3.22. The molecule has 74 valence electrons. The largest absolute Gasteiger partial charge is 0.396 e. The predicted octanol–water partition coefficient (Wildman–Crippen LogP) is 1.27. The minimum Gasteiger partial charge on any atom is -0.396 e. The first-order valence-electron chi connectivity index (χ1n) is 5.38. The van der Waals surface area contributed by atoms with Crippen molar-refractivity contribution in [2.24, 2.45) is 11.8 Å². The van der Waals surface area contributed by atoms with Crippen LogP contribution in [0.1, 0.15) is 19.3 Å². The second kappa shape index (κ2) is 4.25. The molecule has 1 aliphatic heterocycles. The summed E-state index contributed by atoms with van der Waals surface area (Å²) in [6.45, 7) is 3.84. The minimum absolute atomic E-state index is 0.375. The number of aliphatic hydroxyl groups is 1. The Morgan fingerprint density at radius 1 is 1.38 bits per heavy atom. The lowest BCUT2D eigenvalue weighted by molar-refractivity contribution is 0.0510. The molecule has 0 aromatic rings. The van der Waals surface area contributed by atoms with Crippen molar-refractivity contribution >= 4 is 0 Å². The first-order valence-corrected chi connectivity index (χ1v) is 5.38. The molecule has 0 aromatic carbocycles. The summed E-state index contributed by atoms with van der Waals surface area (Å²) < 4.78 is 0. The number of hydrogen-bond donors (Lipinski definition) is 1. The summed E-state index contributed by atoms with van der Waals surface area (Å²) in [7, 11) is 0. The van der Waals surface area contributed by atoms with Crippen molar-refractivity contribution in [2.45, 2.75) is 19.3 Å². The van der Waals surface area contributed by atoms with E-state index in [1.54, 1.807) is 0 Å². The molecule has 2 aliphatic rings. The van der Waals surface area contributed by atoms with Crippen molar-refractivity contribution in [3.63, 3.8) is 0 Å². The van der Waals surface area contributed by atoms with Crippen LogP contribution in [0.2, 0.25) is 0 Å². The molecule has 2 rings (SSSR count). The van der Waals surface area contributed by atoms with Gasteiger partial charge in [0.25, 0.3) is 0 Å². The summed E-state index contributed by atoms with van der Waals surface area (Å²) >= 11 is 0. The lowest BCUT2D eigenvalue weighted by Gasteiger charge is -2.38. The van der Waals surface area contributed by atoms with E-state index in [2.05, 4.69) is 17.1 Å². The number of aliphatic hydroxyl groups excluding tert-OH is 1. The molecule has 0 saturated carbocycles. The van der Waals surface area contributed by atoms with E-state index in [4.69, 9.17) is 5.11 Å². The SMILES string of the molecule is OCC1CN(CCC2C=CCC2)C1. The van der Waals surface area contributed by atoms with Gasteiger partial charge in [0.1, 0.15) is 0 Å². The highest BCUT2D eigenvalue weighted by atomic mass is 16.3. The van der Waals surface area contributed by atoms with Crippen molar-refractivity contribution in [3.8, 4) is 0 Å². The zero-order valence-electron chi connectivity index (χ0n) is 8.15. The van der Waals surface area contributed by atoms with E-state index in [1.807, 2.05) is 0 Å². The van der Waals surface area contributed by atoms with Crippen LogP contribution in [0.5, 0.6) is 0 Å². The fourth-order valence-corrected chi connectivity index (χ4v) is 2.26. The Hall–Kier alpha value is -0.340. The standard InChI is InChI=1S/C11H19NO/c13-9-11-7-12(8-11)6-5-10-3-1-2-4-10/h1,3,10-11,13H,2,4-9H2. The van der Waals surface area contributed by atoms with E-state index in [0.717, 1.165) is 19.0 Å². The molecule has 0 radical (unpaired) electrons. The Labute approximate surface area is 80.2 Å². The Morgan fingerprint density at radius 2 is 2.23 bits per heavy atom. The maximum Gasteiger partial charge on any atom is 0.0483 e. The molecule has 1 atom stereocenters. The van der Waals surface area contributed by atoms with Crippen LogP contribution < -0.4 is 0 Å². The zero-order valence-corrected chi connectivity index (χ0v) is 8.15. The predicted molar refractivity (Wildman–Crippen MR) is 53.5 cm³/mol. The summed E-state index contributed by atoms with van der Waals surface area (Å²) in [5.74, 6) is 1.41. The molecule has 1 unspecified atom stereocenters. The number of hydrogen-bond acceptors (Lipinski definition) is 2. The highest BCUT2D eigenvalue weighted by molar-refractivity contribution is 4.96. The first kappa shape index (κ1) is 9.22. The average molecular weight is 181 g/mol. The van der Waals surface area contributed by atoms with Crippen molar-refractivity contribution in [3.05, 3.63) is 12.2 Å². The Balaban J connectivity index is 1.57. The van der Waals surface area contributed by atoms with E-state index in [-0.39, 0.29) is 0 Å². The summed E-state index contributed by atoms with van der Waals surface area (Å²) in [4.78, 5) is 2.45. The Morgan fingerprint density at radius 3 is 2.85 bits per heavy atom. The van der Waals surface area contributed by atoms with Gasteiger partial charge in [-0.2, -0.15) is 0 Å². The van der Waals surface area contributed by atoms with Gasteiger partial charge in [-0.3, -0.25) is 0 Å². The average Bonchev–Trinajstić information content (AvgIpc) is 2.54. The number of allylic oxidation sites excluding steroid dienone is 2. The maximum absolute atomic E-state index is 8.85. The van der Waals surface area contributed by atoms with Crippen LogP contribution in [-0.4, -0.2) is 36.2 Å². The number of rotatable bonds is 4. The van der Waals surface area contributed by atoms with Crippen LogP contribution in [0.25, 0.3) is 0 Å². The van der Waals surface area contributed by atoms with Crippen molar-refractivity contribution in [1.29, 1.82) is 0 Å². The van der Waals surface area contributed by atoms with Gasteiger partial charge in [0.05, 0.1) is 0 Å². The molecule has 1 saturated heterocycles. The smallest absolute Gasteiger partial charge is 0.0483 e. The van der Waals surface area contributed by atoms with E-state index < -0.39 is 0 Å². The molecule has 0 spiro atoms. The molecule has 1 N–H and O–H groups in total. The minimum atomic E-state index is 0.375. The first-order chi connectivity index (χ1) is 6.38. The van der Waals surface area contributed by atoms with Gasteiger partial charge in [-0.25, -0.2) is 0 Å². The molecule has 2 heteroatoms. The number of nitrogens with zero attached hydrogens (tertiary/aromatic N) is 1. The molecule has 1 heterocycles. The van der Waals surface area contributed by atoms with Gasteiger partial charge in [-0.1, -0.05) is 12.2 Å². The van der Waals surface area contributed by atoms with Crippen molar-refractivity contribution in [1.82, 2.24) is 4.90 Å². The zero-order chi connectivity index (χ0) is 9.10. The molecular formula is C11H19NO. The van der Waals surface area contributed by atoms with Gasteiger partial charge in [0, 0.05) is 25.6 Å². The second-order valence-corrected chi connectivity index (χ2v) is 4.36. The Kier molecular flexibility index (Phi) is 3.01. The number of likely N-dealkylation sites (tertiary alicyclic amines) is 1. The van der Waals surface area contributed by atoms with Crippen molar-refractivity contribution in [2.75, 3.05) is 26.2 Å². The van der Waals surface area contributed by atoms with Gasteiger partial charge in [-0.15, -0.1) is 0 Å². The summed E-state index contributed by atoms with van der Waals surface area (Å²) in [5.41, 5.74) is 0. The highest BCUT2D eigenvalue weighted by Gasteiger charge is 2.25. The second-order valence-electron chi connectivity index (χ2n) is 4.36. The monoisotopic (exact) mass is 181 g/mol. The van der Waals surface area contributed by atoms with Crippen LogP contribution in [0.15, 0.2) is 12.2 Å². The molecular weight excluding hydrogens is 162 g/mol. The molecule has 2 nitrogen and oxygen atoms in total. The van der Waals surface area contributed by atoms with Crippen LogP contribution in [0.4, 0.5) is 0 Å². The molecule has 13 heavy (non-hydrogen) atoms. The van der Waals surface area contributed by atoms with Gasteiger partial charge >= 0.3 is 0 Å². The summed E-state index contributed by atoms with van der Waals surface area (Å²) in [6, 6.07) is 0. The third-order valence-electron chi connectivity index (χ3n) is 3.22. The quantitative estimate of drug-likeness (QED) is 0.660. The lowest BCUT2D eigenvalue weighted by atomic mass is 9.98. The maximum atomic E-state index is 8.85. The van der Waals surface area contributed by atoms with E-state index in [0.29, 0.717) is 12.5 Å². The summed E-state index contributed by atoms with van der Waals surface area (Å²) in [5, 5.41) is 8.85. The third kappa shape index (κ3) is 2.32. The Bertz CT molecular complexity index is 185. The van der Waals surface area contributed by atoms with Gasteiger partial charge < -0.3 is 10.0 Å². The molecule has 0 amide bonds. The van der Waals surface area contributed by atoms with Crippen LogP contribution >= 0.6 is 0 Å².